The Hall–Kier alpha value is -4.22. The minimum Gasteiger partial charge on any atom is -0.395 e. The van der Waals surface area contributed by atoms with E-state index in [0.29, 0.717) is 33.5 Å². The largest absolute Gasteiger partial charge is 0.416 e. The summed E-state index contributed by atoms with van der Waals surface area (Å²) in [7, 11) is 1.66. The number of rotatable bonds is 8. The molecule has 4 rings (SSSR count). The van der Waals surface area contributed by atoms with Crippen LogP contribution in [0.15, 0.2) is 60.7 Å². The predicted octanol–water partition coefficient (Wildman–Crippen LogP) is 5.90. The molecule has 0 aliphatic heterocycles. The van der Waals surface area contributed by atoms with Crippen LogP contribution in [0.1, 0.15) is 35.3 Å². The standard InChI is InChI=1S/C29H27ClF3N5O3/c1-28(2,15-39)27(41)35-14-16-4-11-22(30)21(12-16)26(40)36-19-9-10-20-23(13-19)37-24(38-25(20)34-3)17-5-7-18(8-6-17)29(31,32)33/h4-13,39H,14-15H2,1-3H3,(H,35,41)(H,36,40)(H,34,37,38). The van der Waals surface area contributed by atoms with E-state index in [1.807, 2.05) is 0 Å². The Morgan fingerprint density at radius 3 is 2.32 bits per heavy atom. The van der Waals surface area contributed by atoms with E-state index in [4.69, 9.17) is 11.6 Å². The fraction of sp³-hybridized carbons (Fsp3) is 0.241. The molecule has 214 valence electrons. The van der Waals surface area contributed by atoms with Gasteiger partial charge in [-0.05, 0) is 61.9 Å². The number of aromatic nitrogens is 2. The van der Waals surface area contributed by atoms with Gasteiger partial charge in [0.15, 0.2) is 5.82 Å². The number of benzene rings is 3. The van der Waals surface area contributed by atoms with Gasteiger partial charge in [-0.25, -0.2) is 9.97 Å². The maximum absolute atomic E-state index is 13.1. The topological polar surface area (TPSA) is 116 Å². The Morgan fingerprint density at radius 2 is 1.68 bits per heavy atom. The Balaban J connectivity index is 1.58. The first-order valence-electron chi connectivity index (χ1n) is 12.5. The summed E-state index contributed by atoms with van der Waals surface area (Å²) in [6, 6.07) is 14.3. The smallest absolute Gasteiger partial charge is 0.395 e. The van der Waals surface area contributed by atoms with Crippen LogP contribution in [0.25, 0.3) is 22.3 Å². The Kier molecular flexibility index (Phi) is 8.50. The second-order valence-electron chi connectivity index (χ2n) is 9.95. The number of amides is 2. The molecule has 0 unspecified atom stereocenters. The molecule has 0 fully saturated rings. The van der Waals surface area contributed by atoms with Crippen molar-refractivity contribution >= 4 is 45.8 Å². The predicted molar refractivity (Wildman–Crippen MR) is 152 cm³/mol. The summed E-state index contributed by atoms with van der Waals surface area (Å²) in [4.78, 5) is 34.4. The first kappa shape index (κ1) is 29.8. The third kappa shape index (κ3) is 6.75. The number of anilines is 2. The van der Waals surface area contributed by atoms with E-state index in [2.05, 4.69) is 25.9 Å². The zero-order valence-corrected chi connectivity index (χ0v) is 23.1. The average Bonchev–Trinajstić information content (AvgIpc) is 2.95. The van der Waals surface area contributed by atoms with Gasteiger partial charge in [0.2, 0.25) is 5.91 Å². The van der Waals surface area contributed by atoms with Crippen molar-refractivity contribution in [2.75, 3.05) is 24.3 Å². The lowest BCUT2D eigenvalue weighted by atomic mass is 9.93. The summed E-state index contributed by atoms with van der Waals surface area (Å²) in [5.41, 5.74) is 0.332. The molecule has 41 heavy (non-hydrogen) atoms. The molecule has 8 nitrogen and oxygen atoms in total. The first-order chi connectivity index (χ1) is 19.3. The summed E-state index contributed by atoms with van der Waals surface area (Å²) in [6.07, 6.45) is -4.46. The highest BCUT2D eigenvalue weighted by molar-refractivity contribution is 6.34. The van der Waals surface area contributed by atoms with Crippen molar-refractivity contribution in [2.45, 2.75) is 26.6 Å². The lowest BCUT2D eigenvalue weighted by Crippen LogP contribution is -2.38. The molecule has 1 aromatic heterocycles. The van der Waals surface area contributed by atoms with Crippen LogP contribution in [0.2, 0.25) is 5.02 Å². The molecule has 3 aromatic carbocycles. The third-order valence-electron chi connectivity index (χ3n) is 6.40. The number of alkyl halides is 3. The maximum Gasteiger partial charge on any atom is 0.416 e. The number of aliphatic hydroxyl groups is 1. The summed E-state index contributed by atoms with van der Waals surface area (Å²) >= 11 is 6.30. The van der Waals surface area contributed by atoms with Crippen LogP contribution in [-0.2, 0) is 17.5 Å². The molecule has 2 amide bonds. The van der Waals surface area contributed by atoms with E-state index in [-0.39, 0.29) is 35.5 Å². The number of hydrogen-bond donors (Lipinski definition) is 4. The number of halogens is 4. The molecular formula is C29H27ClF3N5O3. The van der Waals surface area contributed by atoms with Crippen molar-refractivity contribution < 1.29 is 27.9 Å². The molecule has 4 aromatic rings. The molecule has 0 saturated heterocycles. The molecule has 0 aliphatic carbocycles. The van der Waals surface area contributed by atoms with E-state index in [1.54, 1.807) is 57.3 Å². The second-order valence-corrected chi connectivity index (χ2v) is 10.4. The van der Waals surface area contributed by atoms with Crippen LogP contribution in [0.5, 0.6) is 0 Å². The van der Waals surface area contributed by atoms with Gasteiger partial charge in [-0.3, -0.25) is 9.59 Å². The highest BCUT2D eigenvalue weighted by atomic mass is 35.5. The molecule has 0 radical (unpaired) electrons. The normalized spacial score (nSPS) is 11.8. The van der Waals surface area contributed by atoms with E-state index in [9.17, 15) is 27.9 Å². The molecular weight excluding hydrogens is 559 g/mol. The quantitative estimate of drug-likeness (QED) is 0.205. The number of hydrogen-bond acceptors (Lipinski definition) is 6. The minimum absolute atomic E-state index is 0.131. The Labute approximate surface area is 239 Å². The molecule has 4 N–H and O–H groups in total. The summed E-state index contributed by atoms with van der Waals surface area (Å²) in [5.74, 6) is -0.161. The molecule has 0 atom stereocenters. The fourth-order valence-corrected chi connectivity index (χ4v) is 4.09. The molecule has 0 aliphatic rings. The van der Waals surface area contributed by atoms with Crippen LogP contribution < -0.4 is 16.0 Å². The number of carbonyl (C=O) groups excluding carboxylic acids is 2. The summed E-state index contributed by atoms with van der Waals surface area (Å²) < 4.78 is 39.0. The van der Waals surface area contributed by atoms with Crippen molar-refractivity contribution in [3.8, 4) is 11.4 Å². The van der Waals surface area contributed by atoms with Crippen LogP contribution in [-0.4, -0.2) is 40.5 Å². The van der Waals surface area contributed by atoms with Crippen LogP contribution in [0.3, 0.4) is 0 Å². The Morgan fingerprint density at radius 1 is 0.976 bits per heavy atom. The SMILES string of the molecule is CNc1nc(-c2ccc(C(F)(F)F)cc2)nc2cc(NC(=O)c3cc(CNC(=O)C(C)(C)CO)ccc3Cl)ccc12. The molecule has 0 spiro atoms. The highest BCUT2D eigenvalue weighted by Crippen LogP contribution is 2.32. The number of nitrogens with zero attached hydrogens (tertiary/aromatic N) is 2. The zero-order chi connectivity index (χ0) is 29.9. The number of carbonyl (C=O) groups is 2. The molecule has 12 heteroatoms. The van der Waals surface area contributed by atoms with E-state index >= 15 is 0 Å². The monoisotopic (exact) mass is 585 g/mol. The molecule has 0 saturated carbocycles. The van der Waals surface area contributed by atoms with Gasteiger partial charge in [0, 0.05) is 30.2 Å². The summed E-state index contributed by atoms with van der Waals surface area (Å²) in [6.45, 7) is 3.05. The lowest BCUT2D eigenvalue weighted by Gasteiger charge is -2.20. The van der Waals surface area contributed by atoms with Crippen LogP contribution >= 0.6 is 11.6 Å². The van der Waals surface area contributed by atoms with Gasteiger partial charge in [-0.15, -0.1) is 0 Å². The first-order valence-corrected chi connectivity index (χ1v) is 12.9. The van der Waals surface area contributed by atoms with E-state index in [0.717, 1.165) is 12.1 Å². The summed E-state index contributed by atoms with van der Waals surface area (Å²) in [5, 5.41) is 18.7. The van der Waals surface area contributed by atoms with Gasteiger partial charge in [0.1, 0.15) is 5.82 Å². The third-order valence-corrected chi connectivity index (χ3v) is 6.73. The van der Waals surface area contributed by atoms with Crippen LogP contribution in [0, 0.1) is 5.41 Å². The van der Waals surface area contributed by atoms with E-state index < -0.39 is 23.1 Å². The molecule has 1 heterocycles. The number of aliphatic hydroxyl groups excluding tert-OH is 1. The van der Waals surface area contributed by atoms with Gasteiger partial charge in [0.25, 0.3) is 5.91 Å². The average molecular weight is 586 g/mol. The van der Waals surface area contributed by atoms with Crippen molar-refractivity contribution in [3.63, 3.8) is 0 Å². The van der Waals surface area contributed by atoms with E-state index in [1.165, 1.54) is 12.1 Å². The Bertz CT molecular complexity index is 1610. The van der Waals surface area contributed by atoms with Crippen molar-refractivity contribution in [2.24, 2.45) is 5.41 Å². The van der Waals surface area contributed by atoms with Gasteiger partial charge >= 0.3 is 6.18 Å². The van der Waals surface area contributed by atoms with Gasteiger partial charge in [-0.2, -0.15) is 13.2 Å². The molecule has 0 bridgehead atoms. The van der Waals surface area contributed by atoms with Crippen molar-refractivity contribution in [1.82, 2.24) is 15.3 Å². The highest BCUT2D eigenvalue weighted by Gasteiger charge is 2.30. The lowest BCUT2D eigenvalue weighted by molar-refractivity contribution is -0.137. The maximum atomic E-state index is 13.1. The van der Waals surface area contributed by atoms with Crippen molar-refractivity contribution in [1.29, 1.82) is 0 Å². The van der Waals surface area contributed by atoms with Gasteiger partial charge in [0.05, 0.1) is 33.7 Å². The van der Waals surface area contributed by atoms with Crippen LogP contribution in [0.4, 0.5) is 24.7 Å². The number of fused-ring (bicyclic) bond motifs is 1. The fourth-order valence-electron chi connectivity index (χ4n) is 3.88. The van der Waals surface area contributed by atoms with Gasteiger partial charge in [-0.1, -0.05) is 29.8 Å². The van der Waals surface area contributed by atoms with Crippen molar-refractivity contribution in [3.05, 3.63) is 82.4 Å². The zero-order valence-electron chi connectivity index (χ0n) is 22.4. The van der Waals surface area contributed by atoms with Gasteiger partial charge < -0.3 is 21.1 Å². The number of nitrogens with one attached hydrogen (secondary N) is 3. The second kappa shape index (κ2) is 11.7. The minimum atomic E-state index is -4.46.